The van der Waals surface area contributed by atoms with Crippen LogP contribution < -0.4 is 21.3 Å². The lowest BCUT2D eigenvalue weighted by Gasteiger charge is -2.55. The van der Waals surface area contributed by atoms with Crippen LogP contribution in [0.5, 0.6) is 0 Å². The Morgan fingerprint density at radius 1 is 0.443 bits per heavy atom. The Kier molecular flexibility index (Phi) is 25.9. The van der Waals surface area contributed by atoms with Gasteiger partial charge in [-0.15, -0.1) is 0 Å². The zero-order chi connectivity index (χ0) is 51.2. The maximum absolute atomic E-state index is 6.55. The van der Waals surface area contributed by atoms with E-state index in [-0.39, 0.29) is 44.8 Å². The first-order chi connectivity index (χ1) is 33.3. The average Bonchev–Trinajstić information content (AvgIpc) is 3.26. The van der Waals surface area contributed by atoms with Gasteiger partial charge in [0.1, 0.15) is 0 Å². The van der Waals surface area contributed by atoms with E-state index < -0.39 is 0 Å². The molecule has 2 aromatic heterocycles. The fourth-order valence-corrected chi connectivity index (χ4v) is 12.1. The number of piperidine rings is 2. The number of rotatable bonds is 35. The summed E-state index contributed by atoms with van der Waals surface area (Å²) in [5.41, 5.74) is -0.451. The number of hydrogen-bond donors (Lipinski definition) is 4. The Morgan fingerprint density at radius 3 is 1.10 bits per heavy atom. The highest BCUT2D eigenvalue weighted by molar-refractivity contribution is 6.28. The minimum Gasteiger partial charge on any atom is -0.354 e. The van der Waals surface area contributed by atoms with E-state index in [4.69, 9.17) is 42.8 Å². The van der Waals surface area contributed by atoms with Crippen LogP contribution in [0.15, 0.2) is 0 Å². The molecule has 4 N–H and O–H groups in total. The van der Waals surface area contributed by atoms with Gasteiger partial charge in [0, 0.05) is 47.3 Å². The third kappa shape index (κ3) is 20.2. The Balaban J connectivity index is 1.21. The van der Waals surface area contributed by atoms with Crippen LogP contribution in [0, 0.1) is 11.8 Å². The molecule has 0 amide bonds. The third-order valence-electron chi connectivity index (χ3n) is 14.5. The van der Waals surface area contributed by atoms with Crippen LogP contribution in [0.3, 0.4) is 0 Å². The summed E-state index contributed by atoms with van der Waals surface area (Å²) in [6, 6.07) is 0.403. The number of hydroxylamine groups is 4. The number of nitrogens with zero attached hydrogens (tertiary/aromatic N) is 8. The standard InChI is InChI=1S/C54H100Cl2N12O2/c1-13-17-19-21-25-29-35-69-67-51(5,6)37-41(38-52(67,7)8)43(31-15-3)59-49-63-45(55)61-47(65-49)57-33-27-23-24-28-34-58-48-62-46(56)64-50(66-48)60-44(32-16-4)42-39-53(9,10)68(54(11,12)40-42)70-36-30-26-22-20-18-14-2/h41-44H,13-40H2,1-12H3,(H2,57,59,61,63,65)(H2,58,60,62,64,66). The van der Waals surface area contributed by atoms with Crippen molar-refractivity contribution >= 4 is 47.0 Å². The zero-order valence-corrected chi connectivity index (χ0v) is 47.8. The molecule has 0 aliphatic carbocycles. The van der Waals surface area contributed by atoms with E-state index in [1.165, 1.54) is 64.2 Å². The number of halogens is 2. The number of anilines is 4. The highest BCUT2D eigenvalue weighted by Gasteiger charge is 2.49. The maximum atomic E-state index is 6.55. The van der Waals surface area contributed by atoms with E-state index in [9.17, 15) is 0 Å². The number of nitrogens with one attached hydrogen (secondary N) is 4. The van der Waals surface area contributed by atoms with Crippen molar-refractivity contribution in [2.24, 2.45) is 11.8 Å². The summed E-state index contributed by atoms with van der Waals surface area (Å²) >= 11 is 13.0. The second-order valence-electron chi connectivity index (χ2n) is 23.2. The van der Waals surface area contributed by atoms with Crippen LogP contribution >= 0.6 is 23.2 Å². The third-order valence-corrected chi connectivity index (χ3v) is 14.9. The van der Waals surface area contributed by atoms with E-state index >= 15 is 0 Å². The summed E-state index contributed by atoms with van der Waals surface area (Å²) in [5, 5.41) is 19.2. The molecule has 0 radical (unpaired) electrons. The highest BCUT2D eigenvalue weighted by Crippen LogP contribution is 2.45. The van der Waals surface area contributed by atoms with E-state index in [0.29, 0.717) is 35.6 Å². The molecule has 2 aromatic rings. The van der Waals surface area contributed by atoms with Gasteiger partial charge in [-0.2, -0.15) is 40.0 Å². The quantitative estimate of drug-likeness (QED) is 0.0485. The van der Waals surface area contributed by atoms with Crippen molar-refractivity contribution in [2.75, 3.05) is 47.6 Å². The molecule has 14 nitrogen and oxygen atoms in total. The van der Waals surface area contributed by atoms with Crippen LogP contribution in [-0.2, 0) is 9.68 Å². The van der Waals surface area contributed by atoms with Gasteiger partial charge in [-0.25, -0.2) is 0 Å². The SMILES string of the molecule is CCCCCCCCON1C(C)(C)CC(C(CCC)Nc2nc(Cl)nc(NCCCCCCNc3nc(Cl)nc(NC(CCC)C4CC(C)(C)N(OCCCCCCCC)C(C)(C)C4)n3)n2)CC1(C)C. The van der Waals surface area contributed by atoms with Gasteiger partial charge in [0.25, 0.3) is 0 Å². The van der Waals surface area contributed by atoms with E-state index in [1.807, 2.05) is 0 Å². The van der Waals surface area contributed by atoms with Crippen LogP contribution in [-0.4, -0.2) is 101 Å². The van der Waals surface area contributed by atoms with Crippen molar-refractivity contribution in [1.29, 1.82) is 0 Å². The average molecular weight is 1020 g/mol. The Bertz CT molecular complexity index is 1610. The number of unbranched alkanes of at least 4 members (excludes halogenated alkanes) is 13. The lowest BCUT2D eigenvalue weighted by molar-refractivity contribution is -0.289. The van der Waals surface area contributed by atoms with E-state index in [0.717, 1.165) is 116 Å². The van der Waals surface area contributed by atoms with Crippen molar-refractivity contribution in [2.45, 2.75) is 271 Å². The summed E-state index contributed by atoms with van der Waals surface area (Å²) in [7, 11) is 0. The predicted octanol–water partition coefficient (Wildman–Crippen LogP) is 14.7. The van der Waals surface area contributed by atoms with E-state index in [1.54, 1.807) is 0 Å². The summed E-state index contributed by atoms with van der Waals surface area (Å²) in [4.78, 5) is 40.5. The topological polar surface area (TPSA) is 150 Å². The normalized spacial score (nSPS) is 19.2. The van der Waals surface area contributed by atoms with Gasteiger partial charge in [-0.1, -0.05) is 118 Å². The van der Waals surface area contributed by atoms with E-state index in [2.05, 4.69) is 134 Å². The summed E-state index contributed by atoms with van der Waals surface area (Å²) in [5.74, 6) is 2.89. The van der Waals surface area contributed by atoms with Crippen molar-refractivity contribution in [3.05, 3.63) is 10.6 Å². The molecular formula is C54H100Cl2N12O2. The Labute approximate surface area is 436 Å². The first-order valence-corrected chi connectivity index (χ1v) is 28.8. The molecule has 4 heterocycles. The van der Waals surface area contributed by atoms with Crippen LogP contribution in [0.4, 0.5) is 23.8 Å². The number of aromatic nitrogens is 6. The minimum atomic E-state index is -0.113. The van der Waals surface area contributed by atoms with Crippen molar-refractivity contribution in [1.82, 2.24) is 40.0 Å². The monoisotopic (exact) mass is 1020 g/mol. The number of hydrogen-bond acceptors (Lipinski definition) is 14. The first-order valence-electron chi connectivity index (χ1n) is 28.0. The molecule has 0 bridgehead atoms. The zero-order valence-electron chi connectivity index (χ0n) is 46.3. The molecule has 0 spiro atoms. The van der Waals surface area contributed by atoms with Gasteiger partial charge in [-0.05, 0) is 155 Å². The van der Waals surface area contributed by atoms with Gasteiger partial charge < -0.3 is 21.3 Å². The molecule has 0 saturated carbocycles. The van der Waals surface area contributed by atoms with Gasteiger partial charge in [-0.3, -0.25) is 9.68 Å². The fraction of sp³-hybridized carbons (Fsp3) is 0.889. The van der Waals surface area contributed by atoms with Gasteiger partial charge in [0.2, 0.25) is 34.4 Å². The molecule has 4 rings (SSSR count). The van der Waals surface area contributed by atoms with Crippen molar-refractivity contribution in [3.63, 3.8) is 0 Å². The van der Waals surface area contributed by atoms with Crippen molar-refractivity contribution < 1.29 is 9.68 Å². The molecular weight excluding hydrogens is 920 g/mol. The predicted molar refractivity (Wildman–Crippen MR) is 294 cm³/mol. The second kappa shape index (κ2) is 30.1. The first kappa shape index (κ1) is 60.2. The molecule has 2 aliphatic heterocycles. The smallest absolute Gasteiger partial charge is 0.229 e. The lowest BCUT2D eigenvalue weighted by atomic mass is 9.71. The lowest BCUT2D eigenvalue weighted by Crippen LogP contribution is -2.62. The molecule has 70 heavy (non-hydrogen) atoms. The maximum Gasteiger partial charge on any atom is 0.229 e. The van der Waals surface area contributed by atoms with Gasteiger partial charge in [0.15, 0.2) is 0 Å². The summed E-state index contributed by atoms with van der Waals surface area (Å²) in [6.07, 6.45) is 27.3. The van der Waals surface area contributed by atoms with Crippen LogP contribution in [0.2, 0.25) is 10.6 Å². The van der Waals surface area contributed by atoms with Gasteiger partial charge >= 0.3 is 0 Å². The fourth-order valence-electron chi connectivity index (χ4n) is 11.8. The van der Waals surface area contributed by atoms with Crippen molar-refractivity contribution in [3.8, 4) is 0 Å². The molecule has 16 heteroatoms. The molecule has 2 atom stereocenters. The summed E-state index contributed by atoms with van der Waals surface area (Å²) < 4.78 is 0. The second-order valence-corrected chi connectivity index (χ2v) is 23.9. The highest BCUT2D eigenvalue weighted by atomic mass is 35.5. The van der Waals surface area contributed by atoms with Gasteiger partial charge in [0.05, 0.1) is 13.2 Å². The molecule has 402 valence electrons. The molecule has 2 saturated heterocycles. The molecule has 2 unspecified atom stereocenters. The Morgan fingerprint density at radius 2 is 0.757 bits per heavy atom. The minimum absolute atomic E-state index is 0.113. The summed E-state index contributed by atoms with van der Waals surface area (Å²) in [6.45, 7) is 30.6. The van der Waals surface area contributed by atoms with Crippen LogP contribution in [0.25, 0.3) is 0 Å². The largest absolute Gasteiger partial charge is 0.354 e. The van der Waals surface area contributed by atoms with Crippen LogP contribution in [0.1, 0.15) is 237 Å². The molecule has 2 aliphatic rings. The Hall–Kier alpha value is -2.36. The molecule has 0 aromatic carbocycles. The molecule has 2 fully saturated rings.